The van der Waals surface area contributed by atoms with Crippen LogP contribution in [0.15, 0.2) is 54.7 Å². The smallest absolute Gasteiger partial charge is 0.118 e. The summed E-state index contributed by atoms with van der Waals surface area (Å²) in [5, 5.41) is 4.96. The van der Waals surface area contributed by atoms with Gasteiger partial charge in [-0.3, -0.25) is 4.98 Å². The van der Waals surface area contributed by atoms with Crippen LogP contribution in [0, 0.1) is 5.92 Å². The quantitative estimate of drug-likeness (QED) is 0.751. The van der Waals surface area contributed by atoms with Crippen molar-refractivity contribution in [2.45, 2.75) is 18.6 Å². The first kappa shape index (κ1) is 14.7. The first-order valence-electron chi connectivity index (χ1n) is 8.75. The van der Waals surface area contributed by atoms with Crippen molar-refractivity contribution in [1.29, 1.82) is 0 Å². The minimum atomic E-state index is 0.122. The van der Waals surface area contributed by atoms with Crippen molar-refractivity contribution >= 4 is 16.6 Å². The number of hydrogen-bond donors (Lipinski definition) is 1. The van der Waals surface area contributed by atoms with E-state index in [2.05, 4.69) is 40.6 Å². The number of methoxy groups -OCH3 is 1. The molecule has 2 aliphatic rings. The molecule has 0 radical (unpaired) electrons. The number of nitrogens with zero attached hydrogens (tertiary/aromatic N) is 1. The molecule has 1 saturated heterocycles. The summed E-state index contributed by atoms with van der Waals surface area (Å²) in [5.74, 6) is 1.31. The van der Waals surface area contributed by atoms with Crippen LogP contribution in [0.1, 0.15) is 29.7 Å². The van der Waals surface area contributed by atoms with Gasteiger partial charge in [-0.15, -0.1) is 0 Å². The molecule has 2 aromatic carbocycles. The molecular formula is C21H20N2O2. The van der Waals surface area contributed by atoms with Gasteiger partial charge in [0.15, 0.2) is 0 Å². The third-order valence-corrected chi connectivity index (χ3v) is 5.46. The largest absolute Gasteiger partial charge is 0.497 e. The first-order valence-corrected chi connectivity index (χ1v) is 8.75. The highest BCUT2D eigenvalue weighted by atomic mass is 16.5. The molecule has 126 valence electrons. The van der Waals surface area contributed by atoms with E-state index in [1.165, 1.54) is 16.5 Å². The fourth-order valence-corrected chi connectivity index (χ4v) is 4.27. The van der Waals surface area contributed by atoms with Gasteiger partial charge in [-0.05, 0) is 42.3 Å². The van der Waals surface area contributed by atoms with Crippen LogP contribution in [0.4, 0.5) is 5.69 Å². The van der Waals surface area contributed by atoms with Gasteiger partial charge in [0.25, 0.3) is 0 Å². The molecule has 3 heterocycles. The molecule has 0 amide bonds. The van der Waals surface area contributed by atoms with Crippen LogP contribution >= 0.6 is 0 Å². The number of hydrogen-bond acceptors (Lipinski definition) is 4. The highest BCUT2D eigenvalue weighted by Crippen LogP contribution is 2.51. The Morgan fingerprint density at radius 1 is 1.12 bits per heavy atom. The van der Waals surface area contributed by atoms with Crippen LogP contribution in [-0.4, -0.2) is 18.7 Å². The number of rotatable bonds is 2. The monoisotopic (exact) mass is 332 g/mol. The molecule has 25 heavy (non-hydrogen) atoms. The van der Waals surface area contributed by atoms with Gasteiger partial charge in [0.05, 0.1) is 24.8 Å². The van der Waals surface area contributed by atoms with Crippen molar-refractivity contribution in [1.82, 2.24) is 4.98 Å². The number of nitrogens with one attached hydrogen (secondary N) is 1. The summed E-state index contributed by atoms with van der Waals surface area (Å²) in [6, 6.07) is 17.0. The topological polar surface area (TPSA) is 43.4 Å². The number of fused-ring (bicyclic) bond motifs is 5. The van der Waals surface area contributed by atoms with E-state index in [1.54, 1.807) is 7.11 Å². The Morgan fingerprint density at radius 3 is 2.84 bits per heavy atom. The molecule has 1 N–H and O–H groups in total. The zero-order chi connectivity index (χ0) is 16.8. The second-order valence-electron chi connectivity index (χ2n) is 6.74. The van der Waals surface area contributed by atoms with Crippen molar-refractivity contribution in [2.75, 3.05) is 19.0 Å². The molecule has 3 atom stereocenters. The van der Waals surface area contributed by atoms with E-state index in [0.717, 1.165) is 30.0 Å². The molecule has 5 rings (SSSR count). The minimum Gasteiger partial charge on any atom is -0.497 e. The summed E-state index contributed by atoms with van der Waals surface area (Å²) in [6.07, 6.45) is 3.03. The van der Waals surface area contributed by atoms with E-state index >= 15 is 0 Å². The van der Waals surface area contributed by atoms with Gasteiger partial charge in [0.1, 0.15) is 5.75 Å². The van der Waals surface area contributed by atoms with Crippen LogP contribution in [0.5, 0.6) is 5.75 Å². The maximum Gasteiger partial charge on any atom is 0.118 e. The summed E-state index contributed by atoms with van der Waals surface area (Å²) < 4.78 is 11.5. The van der Waals surface area contributed by atoms with Gasteiger partial charge in [-0.25, -0.2) is 0 Å². The molecule has 4 nitrogen and oxygen atoms in total. The molecule has 1 fully saturated rings. The van der Waals surface area contributed by atoms with E-state index in [0.29, 0.717) is 5.92 Å². The van der Waals surface area contributed by atoms with Crippen LogP contribution in [-0.2, 0) is 4.74 Å². The second-order valence-corrected chi connectivity index (χ2v) is 6.74. The molecule has 2 aliphatic heterocycles. The van der Waals surface area contributed by atoms with Gasteiger partial charge >= 0.3 is 0 Å². The SMILES string of the molecule is COc1ccc(C2Nc3ccc4ncccc4c3[C@H]3OCC[C@@H]23)cc1. The third kappa shape index (κ3) is 2.29. The van der Waals surface area contributed by atoms with Crippen molar-refractivity contribution in [2.24, 2.45) is 5.92 Å². The van der Waals surface area contributed by atoms with Crippen LogP contribution < -0.4 is 10.1 Å². The summed E-state index contributed by atoms with van der Waals surface area (Å²) in [5.41, 5.74) is 4.72. The Hall–Kier alpha value is -2.59. The van der Waals surface area contributed by atoms with Crippen LogP contribution in [0.25, 0.3) is 10.9 Å². The number of pyridine rings is 1. The number of aromatic nitrogens is 1. The normalized spacial score (nSPS) is 24.4. The van der Waals surface area contributed by atoms with Gasteiger partial charge in [0.2, 0.25) is 0 Å². The number of ether oxygens (including phenoxy) is 2. The van der Waals surface area contributed by atoms with E-state index in [1.807, 2.05) is 24.4 Å². The van der Waals surface area contributed by atoms with Crippen molar-refractivity contribution in [3.05, 3.63) is 65.9 Å². The van der Waals surface area contributed by atoms with Gasteiger partial charge in [-0.2, -0.15) is 0 Å². The summed E-state index contributed by atoms with van der Waals surface area (Å²) in [7, 11) is 1.70. The van der Waals surface area contributed by atoms with Gasteiger partial charge < -0.3 is 14.8 Å². The lowest BCUT2D eigenvalue weighted by Crippen LogP contribution is -2.29. The van der Waals surface area contributed by atoms with Crippen LogP contribution in [0.3, 0.4) is 0 Å². The Kier molecular flexibility index (Phi) is 3.38. The van der Waals surface area contributed by atoms with E-state index in [-0.39, 0.29) is 12.1 Å². The van der Waals surface area contributed by atoms with Gasteiger partial charge in [-0.1, -0.05) is 18.2 Å². The van der Waals surface area contributed by atoms with Crippen molar-refractivity contribution in [3.63, 3.8) is 0 Å². The Labute approximate surface area is 146 Å². The molecule has 3 aromatic rings. The summed E-state index contributed by atoms with van der Waals surface area (Å²) >= 11 is 0. The standard InChI is InChI=1S/C21H20N2O2/c1-24-14-6-4-13(5-7-14)20-16-10-12-25-21(16)19-15-3-2-11-22-17(15)8-9-18(19)23-20/h2-9,11,16,20-21,23H,10,12H2,1H3/t16-,20?,21-/m0/s1. The molecule has 1 unspecified atom stereocenters. The second kappa shape index (κ2) is 5.74. The number of anilines is 1. The van der Waals surface area contributed by atoms with Crippen molar-refractivity contribution < 1.29 is 9.47 Å². The summed E-state index contributed by atoms with van der Waals surface area (Å²) in [6.45, 7) is 0.805. The molecular weight excluding hydrogens is 312 g/mol. The molecule has 4 heteroatoms. The fraction of sp³-hybridized carbons (Fsp3) is 0.286. The number of benzene rings is 2. The molecule has 0 aliphatic carbocycles. The van der Waals surface area contributed by atoms with Crippen LogP contribution in [0.2, 0.25) is 0 Å². The Balaban J connectivity index is 1.62. The summed E-state index contributed by atoms with van der Waals surface area (Å²) in [4.78, 5) is 4.50. The maximum atomic E-state index is 6.20. The third-order valence-electron chi connectivity index (χ3n) is 5.46. The van der Waals surface area contributed by atoms with Gasteiger partial charge in [0, 0.05) is 35.4 Å². The molecule has 0 bridgehead atoms. The zero-order valence-electron chi connectivity index (χ0n) is 14.1. The highest BCUT2D eigenvalue weighted by molar-refractivity contribution is 5.88. The minimum absolute atomic E-state index is 0.122. The molecule has 1 aromatic heterocycles. The average molecular weight is 332 g/mol. The molecule has 0 saturated carbocycles. The lowest BCUT2D eigenvalue weighted by Gasteiger charge is -2.37. The lowest BCUT2D eigenvalue weighted by molar-refractivity contribution is 0.0841. The predicted octanol–water partition coefficient (Wildman–Crippen LogP) is 4.49. The maximum absolute atomic E-state index is 6.20. The Morgan fingerprint density at radius 2 is 2.00 bits per heavy atom. The first-order chi connectivity index (χ1) is 12.3. The van der Waals surface area contributed by atoms with Crippen molar-refractivity contribution in [3.8, 4) is 5.75 Å². The van der Waals surface area contributed by atoms with E-state index in [9.17, 15) is 0 Å². The highest BCUT2D eigenvalue weighted by Gasteiger charge is 2.42. The average Bonchev–Trinajstić information content (AvgIpc) is 3.17. The Bertz CT molecular complexity index is 923. The zero-order valence-corrected chi connectivity index (χ0v) is 14.1. The van der Waals surface area contributed by atoms with E-state index in [4.69, 9.17) is 9.47 Å². The fourth-order valence-electron chi connectivity index (χ4n) is 4.27. The predicted molar refractivity (Wildman–Crippen MR) is 97.9 cm³/mol. The lowest BCUT2D eigenvalue weighted by atomic mass is 9.80. The molecule has 0 spiro atoms. The van der Waals surface area contributed by atoms with E-state index < -0.39 is 0 Å².